The zero-order valence-corrected chi connectivity index (χ0v) is 12.1. The maximum absolute atomic E-state index is 11.8. The first kappa shape index (κ1) is 13.3. The number of aromatic nitrogens is 2. The highest BCUT2D eigenvalue weighted by atomic mass is 79.9. The van der Waals surface area contributed by atoms with Crippen LogP contribution >= 0.6 is 15.9 Å². The summed E-state index contributed by atoms with van der Waals surface area (Å²) < 4.78 is 2.36. The second-order valence-electron chi connectivity index (χ2n) is 4.62. The summed E-state index contributed by atoms with van der Waals surface area (Å²) in [5, 5.41) is 2.90. The first-order valence-electron chi connectivity index (χ1n) is 6.02. The highest BCUT2D eigenvalue weighted by Crippen LogP contribution is 2.19. The molecule has 6 heteroatoms. The van der Waals surface area contributed by atoms with Crippen LogP contribution in [-0.2, 0) is 11.3 Å². The number of carbonyl (C=O) groups excluding carboxylic acids is 1. The fraction of sp³-hybridized carbons (Fsp3) is 0.583. The van der Waals surface area contributed by atoms with Gasteiger partial charge in [0.2, 0.25) is 5.91 Å². The molecule has 0 unspecified atom stereocenters. The molecular formula is C12H16BrN3O2. The van der Waals surface area contributed by atoms with Crippen LogP contribution in [0.25, 0.3) is 0 Å². The average molecular weight is 314 g/mol. The van der Waals surface area contributed by atoms with Gasteiger partial charge in [0.25, 0.3) is 0 Å². The molecule has 0 saturated heterocycles. The molecule has 1 aliphatic rings. The van der Waals surface area contributed by atoms with Crippen molar-refractivity contribution in [3.8, 4) is 0 Å². The summed E-state index contributed by atoms with van der Waals surface area (Å²) in [6.07, 6.45) is 2.46. The molecule has 18 heavy (non-hydrogen) atoms. The predicted molar refractivity (Wildman–Crippen MR) is 71.5 cm³/mol. The minimum absolute atomic E-state index is 0.000461. The molecule has 1 fully saturated rings. The quantitative estimate of drug-likeness (QED) is 0.911. The third kappa shape index (κ3) is 2.98. The molecule has 1 aromatic heterocycles. The van der Waals surface area contributed by atoms with E-state index in [9.17, 15) is 9.59 Å². The summed E-state index contributed by atoms with van der Waals surface area (Å²) in [4.78, 5) is 27.3. The molecule has 0 bridgehead atoms. The highest BCUT2D eigenvalue weighted by Gasteiger charge is 2.23. The van der Waals surface area contributed by atoms with Crippen LogP contribution < -0.4 is 11.0 Å². The molecule has 0 atom stereocenters. The van der Waals surface area contributed by atoms with Crippen molar-refractivity contribution in [1.82, 2.24) is 14.9 Å². The number of aryl methyl sites for hydroxylation is 1. The molecule has 2 rings (SSSR count). The Balaban J connectivity index is 2.06. The van der Waals surface area contributed by atoms with Gasteiger partial charge in [-0.1, -0.05) is 0 Å². The second-order valence-corrected chi connectivity index (χ2v) is 5.42. The van der Waals surface area contributed by atoms with E-state index < -0.39 is 0 Å². The molecule has 0 spiro atoms. The van der Waals surface area contributed by atoms with Gasteiger partial charge in [0.05, 0.1) is 10.2 Å². The Bertz CT molecular complexity index is 535. The smallest absolute Gasteiger partial charge is 0.348 e. The first-order valence-corrected chi connectivity index (χ1v) is 6.81. The van der Waals surface area contributed by atoms with Gasteiger partial charge in [-0.15, -0.1) is 0 Å². The van der Waals surface area contributed by atoms with E-state index in [1.54, 1.807) is 6.92 Å². The van der Waals surface area contributed by atoms with Gasteiger partial charge >= 0.3 is 5.69 Å². The van der Waals surface area contributed by atoms with Crippen molar-refractivity contribution in [2.45, 2.75) is 45.7 Å². The van der Waals surface area contributed by atoms with Gasteiger partial charge < -0.3 is 5.32 Å². The Kier molecular flexibility index (Phi) is 3.85. The van der Waals surface area contributed by atoms with Crippen LogP contribution in [0.5, 0.6) is 0 Å². The predicted octanol–water partition coefficient (Wildman–Crippen LogP) is 1.29. The van der Waals surface area contributed by atoms with Crippen LogP contribution in [0.4, 0.5) is 0 Å². The lowest BCUT2D eigenvalue weighted by atomic mass is 10.3. The second kappa shape index (κ2) is 5.22. The van der Waals surface area contributed by atoms with E-state index in [1.165, 1.54) is 4.57 Å². The minimum Gasteiger partial charge on any atom is -0.353 e. The van der Waals surface area contributed by atoms with E-state index in [2.05, 4.69) is 26.2 Å². The number of nitrogens with one attached hydrogen (secondary N) is 1. The average Bonchev–Trinajstić information content (AvgIpc) is 3.09. The SMILES string of the molecule is Cc1nc(=O)n(CCC(=O)NC2CC2)c(C)c1Br. The largest absolute Gasteiger partial charge is 0.353 e. The molecule has 0 aromatic carbocycles. The summed E-state index contributed by atoms with van der Waals surface area (Å²) in [6.45, 7) is 4.00. The Morgan fingerprint density at radius 3 is 2.78 bits per heavy atom. The number of hydrogen-bond donors (Lipinski definition) is 1. The molecule has 1 aromatic rings. The van der Waals surface area contributed by atoms with Crippen LogP contribution in [0.2, 0.25) is 0 Å². The Hall–Kier alpha value is -1.17. The first-order chi connectivity index (χ1) is 8.49. The van der Waals surface area contributed by atoms with Crippen LogP contribution in [-0.4, -0.2) is 21.5 Å². The lowest BCUT2D eigenvalue weighted by molar-refractivity contribution is -0.121. The van der Waals surface area contributed by atoms with Crippen LogP contribution in [0.1, 0.15) is 30.7 Å². The van der Waals surface area contributed by atoms with Gasteiger partial charge in [-0.2, -0.15) is 4.98 Å². The third-order valence-corrected chi connectivity index (χ3v) is 4.19. The molecular weight excluding hydrogens is 298 g/mol. The summed E-state index contributed by atoms with van der Waals surface area (Å²) in [6, 6.07) is 0.359. The monoisotopic (exact) mass is 313 g/mol. The van der Waals surface area contributed by atoms with Gasteiger partial charge in [-0.05, 0) is 42.6 Å². The summed E-state index contributed by atoms with van der Waals surface area (Å²) in [5.41, 5.74) is 1.19. The van der Waals surface area contributed by atoms with Crippen LogP contribution in [0, 0.1) is 13.8 Å². The summed E-state index contributed by atoms with van der Waals surface area (Å²) in [7, 11) is 0. The molecule has 1 amide bonds. The maximum atomic E-state index is 11.8. The van der Waals surface area contributed by atoms with E-state index in [-0.39, 0.29) is 11.6 Å². The summed E-state index contributed by atoms with van der Waals surface area (Å²) in [5.74, 6) is 0.000461. The van der Waals surface area contributed by atoms with Gasteiger partial charge in [0.15, 0.2) is 0 Å². The fourth-order valence-electron chi connectivity index (χ4n) is 1.78. The van der Waals surface area contributed by atoms with E-state index >= 15 is 0 Å². The number of rotatable bonds is 4. The molecule has 1 saturated carbocycles. The normalized spacial score (nSPS) is 14.6. The lowest BCUT2D eigenvalue weighted by Crippen LogP contribution is -2.31. The van der Waals surface area contributed by atoms with Gasteiger partial charge in [0, 0.05) is 24.7 Å². The van der Waals surface area contributed by atoms with Gasteiger partial charge in [0.1, 0.15) is 0 Å². The van der Waals surface area contributed by atoms with Crippen molar-refractivity contribution in [3.05, 3.63) is 26.3 Å². The standard InChI is InChI=1S/C12H16BrN3O2/c1-7-11(13)8(2)16(12(18)14-7)6-5-10(17)15-9-3-4-9/h9H,3-6H2,1-2H3,(H,15,17). The lowest BCUT2D eigenvalue weighted by Gasteiger charge is -2.11. The number of amides is 1. The molecule has 1 heterocycles. The number of carbonyl (C=O) groups is 1. The van der Waals surface area contributed by atoms with Crippen molar-refractivity contribution in [3.63, 3.8) is 0 Å². The van der Waals surface area contributed by atoms with Crippen molar-refractivity contribution in [1.29, 1.82) is 0 Å². The molecule has 5 nitrogen and oxygen atoms in total. The Morgan fingerprint density at radius 1 is 1.50 bits per heavy atom. The van der Waals surface area contributed by atoms with Crippen LogP contribution in [0.3, 0.4) is 0 Å². The van der Waals surface area contributed by atoms with E-state index in [0.29, 0.717) is 24.7 Å². The topological polar surface area (TPSA) is 64.0 Å². The van der Waals surface area contributed by atoms with E-state index in [1.807, 2.05) is 6.92 Å². The van der Waals surface area contributed by atoms with Crippen molar-refractivity contribution >= 4 is 21.8 Å². The highest BCUT2D eigenvalue weighted by molar-refractivity contribution is 9.10. The summed E-state index contributed by atoms with van der Waals surface area (Å²) >= 11 is 3.40. The maximum Gasteiger partial charge on any atom is 0.348 e. The van der Waals surface area contributed by atoms with Crippen molar-refractivity contribution in [2.75, 3.05) is 0 Å². The van der Waals surface area contributed by atoms with Crippen molar-refractivity contribution < 1.29 is 4.79 Å². The number of hydrogen-bond acceptors (Lipinski definition) is 3. The third-order valence-electron chi connectivity index (χ3n) is 3.04. The van der Waals surface area contributed by atoms with Gasteiger partial charge in [-0.3, -0.25) is 9.36 Å². The Labute approximate surface area is 114 Å². The van der Waals surface area contributed by atoms with Gasteiger partial charge in [-0.25, -0.2) is 4.79 Å². The van der Waals surface area contributed by atoms with Crippen LogP contribution in [0.15, 0.2) is 9.27 Å². The molecule has 1 N–H and O–H groups in total. The zero-order chi connectivity index (χ0) is 13.3. The van der Waals surface area contributed by atoms with E-state index in [4.69, 9.17) is 0 Å². The number of nitrogens with zero attached hydrogens (tertiary/aromatic N) is 2. The van der Waals surface area contributed by atoms with Crippen molar-refractivity contribution in [2.24, 2.45) is 0 Å². The fourth-order valence-corrected chi connectivity index (χ4v) is 2.08. The molecule has 0 radical (unpaired) electrons. The minimum atomic E-state index is -0.299. The number of halogens is 1. The Morgan fingerprint density at radius 2 is 2.17 bits per heavy atom. The molecule has 0 aliphatic heterocycles. The molecule has 98 valence electrons. The zero-order valence-electron chi connectivity index (χ0n) is 10.5. The van der Waals surface area contributed by atoms with E-state index in [0.717, 1.165) is 23.0 Å². The molecule has 1 aliphatic carbocycles.